The number of anilines is 3. The average molecular weight is 430 g/mol. The molecule has 1 unspecified atom stereocenters. The molecule has 5 heteroatoms. The number of rotatable bonds is 7. The van der Waals surface area contributed by atoms with Gasteiger partial charge in [0.1, 0.15) is 5.54 Å². The van der Waals surface area contributed by atoms with Crippen LogP contribution in [0.15, 0.2) is 84.9 Å². The van der Waals surface area contributed by atoms with E-state index in [0.717, 1.165) is 36.6 Å². The van der Waals surface area contributed by atoms with Crippen LogP contribution in [0.5, 0.6) is 0 Å². The summed E-state index contributed by atoms with van der Waals surface area (Å²) in [6.07, 6.45) is 0. The van der Waals surface area contributed by atoms with E-state index in [4.69, 9.17) is 0 Å². The van der Waals surface area contributed by atoms with Gasteiger partial charge in [0.2, 0.25) is 0 Å². The molecule has 0 aromatic heterocycles. The van der Waals surface area contributed by atoms with Crippen LogP contribution < -0.4 is 9.80 Å². The van der Waals surface area contributed by atoms with Gasteiger partial charge in [0.25, 0.3) is 0 Å². The molecule has 1 aliphatic heterocycles. The summed E-state index contributed by atoms with van der Waals surface area (Å²) in [6, 6.07) is 28.4. The van der Waals surface area contributed by atoms with E-state index in [1.54, 1.807) is 0 Å². The Morgan fingerprint density at radius 2 is 1.44 bits per heavy atom. The normalized spacial score (nSPS) is 16.4. The molecule has 32 heavy (non-hydrogen) atoms. The van der Waals surface area contributed by atoms with E-state index in [0.29, 0.717) is 13.1 Å². The third-order valence-electron chi connectivity index (χ3n) is 6.55. The maximum Gasteiger partial charge on any atom is 0.328 e. The van der Waals surface area contributed by atoms with Crippen molar-refractivity contribution in [1.82, 2.24) is 4.90 Å². The molecule has 1 N–H and O–H groups in total. The Morgan fingerprint density at radius 1 is 0.875 bits per heavy atom. The molecule has 166 valence electrons. The van der Waals surface area contributed by atoms with Gasteiger partial charge in [-0.2, -0.15) is 0 Å². The highest BCUT2D eigenvalue weighted by Crippen LogP contribution is 2.39. The van der Waals surface area contributed by atoms with Gasteiger partial charge in [-0.05, 0) is 44.2 Å². The van der Waals surface area contributed by atoms with Gasteiger partial charge in [0.05, 0.1) is 0 Å². The van der Waals surface area contributed by atoms with Crippen molar-refractivity contribution in [1.29, 1.82) is 0 Å². The van der Waals surface area contributed by atoms with Gasteiger partial charge >= 0.3 is 5.97 Å². The Hall–Kier alpha value is -3.31. The Labute approximate surface area is 190 Å². The summed E-state index contributed by atoms with van der Waals surface area (Å²) in [7, 11) is 0. The van der Waals surface area contributed by atoms with Crippen LogP contribution in [0.1, 0.15) is 19.4 Å². The van der Waals surface area contributed by atoms with Gasteiger partial charge < -0.3 is 14.9 Å². The second-order valence-electron chi connectivity index (χ2n) is 8.28. The minimum absolute atomic E-state index is 0.684. The number of nitrogens with zero attached hydrogens (tertiary/aromatic N) is 3. The van der Waals surface area contributed by atoms with Crippen LogP contribution in [-0.2, 0) is 10.3 Å². The van der Waals surface area contributed by atoms with Crippen molar-refractivity contribution in [3.63, 3.8) is 0 Å². The number of hydrogen-bond acceptors (Lipinski definition) is 4. The summed E-state index contributed by atoms with van der Waals surface area (Å²) in [5.74, 6) is -0.817. The number of benzene rings is 3. The molecule has 0 aliphatic carbocycles. The van der Waals surface area contributed by atoms with E-state index in [9.17, 15) is 9.90 Å². The second kappa shape index (κ2) is 9.45. The third kappa shape index (κ3) is 4.08. The van der Waals surface area contributed by atoms with Crippen LogP contribution in [0.3, 0.4) is 0 Å². The second-order valence-corrected chi connectivity index (χ2v) is 8.28. The summed E-state index contributed by atoms with van der Waals surface area (Å²) < 4.78 is 0. The molecule has 3 aromatic rings. The van der Waals surface area contributed by atoms with Crippen LogP contribution in [0.4, 0.5) is 17.1 Å². The Morgan fingerprint density at radius 3 is 2.03 bits per heavy atom. The van der Waals surface area contributed by atoms with Crippen LogP contribution in [-0.4, -0.2) is 48.7 Å². The van der Waals surface area contributed by atoms with E-state index in [2.05, 4.69) is 45.9 Å². The maximum absolute atomic E-state index is 12.8. The lowest BCUT2D eigenvalue weighted by Gasteiger charge is -2.45. The van der Waals surface area contributed by atoms with E-state index < -0.39 is 11.5 Å². The molecule has 0 radical (unpaired) electrons. The monoisotopic (exact) mass is 429 g/mol. The lowest BCUT2D eigenvalue weighted by Crippen LogP contribution is -2.58. The first-order valence-electron chi connectivity index (χ1n) is 11.3. The lowest BCUT2D eigenvalue weighted by molar-refractivity contribution is -0.151. The molecule has 1 atom stereocenters. The first-order valence-corrected chi connectivity index (χ1v) is 11.3. The third-order valence-corrected chi connectivity index (χ3v) is 6.55. The average Bonchev–Trinajstić information content (AvgIpc) is 2.85. The van der Waals surface area contributed by atoms with Crippen molar-refractivity contribution in [2.24, 2.45) is 0 Å². The summed E-state index contributed by atoms with van der Waals surface area (Å²) in [6.45, 7) is 7.66. The molecule has 1 heterocycles. The SMILES string of the molecule is CCN(c1ccccc1)c1ccccc1C(C)(C(=O)O)N1CCN(c2ccccc2)CC1. The highest BCUT2D eigenvalue weighted by atomic mass is 16.4. The fraction of sp³-hybridized carbons (Fsp3) is 0.296. The number of para-hydroxylation sites is 3. The summed E-state index contributed by atoms with van der Waals surface area (Å²) in [5.41, 5.74) is 2.89. The van der Waals surface area contributed by atoms with Gasteiger partial charge in [0.15, 0.2) is 0 Å². The number of aliphatic carboxylic acids is 1. The molecule has 0 amide bonds. The fourth-order valence-corrected chi connectivity index (χ4v) is 4.69. The Balaban J connectivity index is 1.67. The maximum atomic E-state index is 12.8. The summed E-state index contributed by atoms with van der Waals surface area (Å²) in [4.78, 5) is 19.4. The quantitative estimate of drug-likeness (QED) is 0.575. The Kier molecular flexibility index (Phi) is 6.47. The minimum Gasteiger partial charge on any atom is -0.480 e. The largest absolute Gasteiger partial charge is 0.480 e. The highest BCUT2D eigenvalue weighted by Gasteiger charge is 2.44. The predicted molar refractivity (Wildman–Crippen MR) is 131 cm³/mol. The van der Waals surface area contributed by atoms with Crippen molar-refractivity contribution in [3.05, 3.63) is 90.5 Å². The van der Waals surface area contributed by atoms with Gasteiger partial charge in [0, 0.05) is 55.3 Å². The number of carbonyl (C=O) groups is 1. The molecule has 5 nitrogen and oxygen atoms in total. The van der Waals surface area contributed by atoms with Crippen LogP contribution in [0.25, 0.3) is 0 Å². The molecule has 0 spiro atoms. The van der Waals surface area contributed by atoms with Crippen LogP contribution >= 0.6 is 0 Å². The van der Waals surface area contributed by atoms with Crippen LogP contribution in [0, 0.1) is 0 Å². The smallest absolute Gasteiger partial charge is 0.328 e. The van der Waals surface area contributed by atoms with Crippen molar-refractivity contribution in [2.75, 3.05) is 42.5 Å². The highest BCUT2D eigenvalue weighted by molar-refractivity contribution is 5.84. The number of carboxylic acids is 1. The van der Waals surface area contributed by atoms with Crippen molar-refractivity contribution in [2.45, 2.75) is 19.4 Å². The van der Waals surface area contributed by atoms with Gasteiger partial charge in [-0.15, -0.1) is 0 Å². The Bertz CT molecular complexity index is 1030. The first-order chi connectivity index (χ1) is 15.6. The number of carboxylic acid groups (broad SMARTS) is 1. The predicted octanol–water partition coefficient (Wildman–Crippen LogP) is 4.97. The van der Waals surface area contributed by atoms with E-state index in [1.165, 1.54) is 5.69 Å². The zero-order valence-electron chi connectivity index (χ0n) is 18.8. The zero-order valence-corrected chi connectivity index (χ0v) is 18.8. The van der Waals surface area contributed by atoms with Crippen molar-refractivity contribution >= 4 is 23.0 Å². The minimum atomic E-state index is -1.12. The molecular weight excluding hydrogens is 398 g/mol. The van der Waals surface area contributed by atoms with Gasteiger partial charge in [-0.1, -0.05) is 54.6 Å². The first kappa shape index (κ1) is 21.9. The van der Waals surface area contributed by atoms with Crippen molar-refractivity contribution in [3.8, 4) is 0 Å². The molecule has 0 saturated carbocycles. The van der Waals surface area contributed by atoms with E-state index in [1.807, 2.05) is 67.6 Å². The van der Waals surface area contributed by atoms with Crippen molar-refractivity contribution < 1.29 is 9.90 Å². The number of hydrogen-bond donors (Lipinski definition) is 1. The van der Waals surface area contributed by atoms with E-state index in [-0.39, 0.29) is 0 Å². The fourth-order valence-electron chi connectivity index (χ4n) is 4.69. The summed E-state index contributed by atoms with van der Waals surface area (Å²) >= 11 is 0. The molecule has 3 aromatic carbocycles. The zero-order chi connectivity index (χ0) is 22.6. The molecule has 0 bridgehead atoms. The molecular formula is C27H31N3O2. The summed E-state index contributed by atoms with van der Waals surface area (Å²) in [5, 5.41) is 10.5. The lowest BCUT2D eigenvalue weighted by atomic mass is 9.87. The number of piperazine rings is 1. The molecule has 4 rings (SSSR count). The molecule has 1 fully saturated rings. The van der Waals surface area contributed by atoms with Crippen LogP contribution in [0.2, 0.25) is 0 Å². The van der Waals surface area contributed by atoms with E-state index >= 15 is 0 Å². The topological polar surface area (TPSA) is 47.0 Å². The van der Waals surface area contributed by atoms with Gasteiger partial charge in [-0.3, -0.25) is 4.90 Å². The molecule has 1 aliphatic rings. The van der Waals surface area contributed by atoms with Gasteiger partial charge in [-0.25, -0.2) is 4.79 Å². The standard InChI is InChI=1S/C27H31N3O2/c1-3-30(23-14-8-5-9-15-23)25-17-11-10-16-24(25)27(2,26(31)32)29-20-18-28(19-21-29)22-12-6-4-7-13-22/h4-17H,3,18-21H2,1-2H3,(H,31,32). The molecule has 1 saturated heterocycles.